The van der Waals surface area contributed by atoms with Gasteiger partial charge in [-0.15, -0.1) is 4.67 Å². The van der Waals surface area contributed by atoms with Gasteiger partial charge < -0.3 is 4.52 Å². The van der Waals surface area contributed by atoms with Crippen LogP contribution in [-0.4, -0.2) is 34.7 Å². The fraction of sp³-hybridized carbons (Fsp3) is 0.714. The van der Waals surface area contributed by atoms with Crippen LogP contribution in [0.15, 0.2) is 0 Å². The summed E-state index contributed by atoms with van der Waals surface area (Å²) in [5.74, 6) is -0.949. The summed E-state index contributed by atoms with van der Waals surface area (Å²) in [4.78, 5) is 22.5. The van der Waals surface area contributed by atoms with Crippen molar-refractivity contribution in [2.45, 2.75) is 19.8 Å². The Morgan fingerprint density at radius 2 is 1.93 bits per heavy atom. The van der Waals surface area contributed by atoms with E-state index >= 15 is 0 Å². The van der Waals surface area contributed by atoms with Crippen LogP contribution >= 0.6 is 7.75 Å². The predicted molar refractivity (Wildman–Crippen MR) is 48.5 cm³/mol. The quantitative estimate of drug-likeness (QED) is 0.393. The number of nitrogens with zero attached hydrogens (tertiary/aromatic N) is 1. The monoisotopic (exact) mass is 222 g/mol. The molecule has 0 bridgehead atoms. The Balaban J connectivity index is 2.93. The number of carbonyl (C=O) groups is 2. The summed E-state index contributed by atoms with van der Waals surface area (Å²) in [6, 6.07) is 0. The van der Waals surface area contributed by atoms with Crippen molar-refractivity contribution < 1.29 is 23.2 Å². The van der Waals surface area contributed by atoms with Gasteiger partial charge in [0.1, 0.15) is 7.11 Å². The smallest absolute Gasteiger partial charge is 0.364 e. The Morgan fingerprint density at radius 1 is 1.43 bits per heavy atom. The molecule has 1 unspecified atom stereocenters. The van der Waals surface area contributed by atoms with E-state index in [0.717, 1.165) is 0 Å². The maximum Gasteiger partial charge on any atom is 0.599 e. The number of imide groups is 1. The van der Waals surface area contributed by atoms with E-state index in [0.29, 0.717) is 4.67 Å². The van der Waals surface area contributed by atoms with E-state index in [1.54, 1.807) is 6.92 Å². The number of rotatable bonds is 4. The lowest BCUT2D eigenvalue weighted by Crippen LogP contribution is -2.28. The third kappa shape index (κ3) is 1.87. The van der Waals surface area contributed by atoms with E-state index in [2.05, 4.69) is 4.52 Å². The Kier molecular flexibility index (Phi) is 3.42. The van der Waals surface area contributed by atoms with Gasteiger partial charge in [0.15, 0.2) is 0 Å². The summed E-state index contributed by atoms with van der Waals surface area (Å²) in [6.07, 6.45) is 0.177. The van der Waals surface area contributed by atoms with Crippen LogP contribution in [0, 0.1) is 0 Å². The maximum atomic E-state index is 11.9. The first kappa shape index (κ1) is 11.4. The largest absolute Gasteiger partial charge is 0.599 e. The average molecular weight is 222 g/mol. The average Bonchev–Trinajstić information content (AvgIpc) is 2.47. The van der Waals surface area contributed by atoms with Gasteiger partial charge in [-0.25, -0.2) is 0 Å². The molecule has 2 amide bonds. The molecule has 7 heteroatoms. The standard InChI is InChI=1S/C7H12NO5P/c1-3-13-14(11,12-2)8-6(9)4-5-7(8)10/h3-5H2,1-2H3/p+1. The first-order valence-corrected chi connectivity index (χ1v) is 5.80. The van der Waals surface area contributed by atoms with Crippen molar-refractivity contribution >= 4 is 19.6 Å². The highest BCUT2D eigenvalue weighted by atomic mass is 31.2. The third-order valence-corrected chi connectivity index (χ3v) is 3.88. The van der Waals surface area contributed by atoms with E-state index in [1.165, 1.54) is 7.11 Å². The van der Waals surface area contributed by atoms with Gasteiger partial charge in [0.25, 0.3) is 0 Å². The van der Waals surface area contributed by atoms with Crippen LogP contribution in [0.5, 0.6) is 0 Å². The van der Waals surface area contributed by atoms with E-state index in [4.69, 9.17) is 4.52 Å². The number of amides is 2. The highest BCUT2D eigenvalue weighted by molar-refractivity contribution is 7.52. The van der Waals surface area contributed by atoms with Crippen molar-refractivity contribution in [2.75, 3.05) is 13.7 Å². The second kappa shape index (κ2) is 4.21. The van der Waals surface area contributed by atoms with Crippen LogP contribution in [0.1, 0.15) is 19.8 Å². The van der Waals surface area contributed by atoms with Gasteiger partial charge in [0.2, 0.25) is 11.8 Å². The van der Waals surface area contributed by atoms with Crippen LogP contribution < -0.4 is 0 Å². The second-order valence-corrected chi connectivity index (χ2v) is 4.75. The van der Waals surface area contributed by atoms with E-state index in [-0.39, 0.29) is 19.4 Å². The fourth-order valence-electron chi connectivity index (χ4n) is 1.22. The first-order chi connectivity index (χ1) is 6.55. The first-order valence-electron chi connectivity index (χ1n) is 4.27. The van der Waals surface area contributed by atoms with Crippen LogP contribution in [0.3, 0.4) is 0 Å². The summed E-state index contributed by atoms with van der Waals surface area (Å²) >= 11 is 0. The molecular formula is C7H13NO5P+. The topological polar surface area (TPSA) is 76.5 Å². The second-order valence-electron chi connectivity index (χ2n) is 2.71. The summed E-state index contributed by atoms with van der Waals surface area (Å²) in [5, 5.41) is 0. The lowest BCUT2D eigenvalue weighted by atomic mass is 10.4. The molecule has 1 aliphatic rings. The molecule has 0 aliphatic carbocycles. The highest BCUT2D eigenvalue weighted by Crippen LogP contribution is 2.51. The molecule has 1 fully saturated rings. The maximum absolute atomic E-state index is 11.9. The van der Waals surface area contributed by atoms with Crippen molar-refractivity contribution in [1.29, 1.82) is 0 Å². The van der Waals surface area contributed by atoms with Gasteiger partial charge in [0.05, 0.1) is 6.61 Å². The molecule has 6 nitrogen and oxygen atoms in total. The molecule has 1 aliphatic heterocycles. The Bertz CT molecular complexity index is 286. The van der Waals surface area contributed by atoms with Gasteiger partial charge in [-0.3, -0.25) is 14.1 Å². The Hall–Kier alpha value is -0.710. The Morgan fingerprint density at radius 3 is 2.29 bits per heavy atom. The predicted octanol–water partition coefficient (Wildman–Crippen LogP) is 0.438. The Labute approximate surface area is 81.8 Å². The van der Waals surface area contributed by atoms with Crippen molar-refractivity contribution in [2.24, 2.45) is 0 Å². The van der Waals surface area contributed by atoms with Gasteiger partial charge in [-0.2, -0.15) is 4.57 Å². The van der Waals surface area contributed by atoms with Crippen LogP contribution in [0.25, 0.3) is 0 Å². The molecule has 1 N–H and O–H groups in total. The summed E-state index contributed by atoms with van der Waals surface area (Å²) in [6.45, 7) is 1.77. The van der Waals surface area contributed by atoms with Gasteiger partial charge in [0, 0.05) is 12.8 Å². The number of hydrogen-bond acceptors (Lipinski definition) is 4. The van der Waals surface area contributed by atoms with Crippen LogP contribution in [-0.2, 0) is 18.7 Å². The SMILES string of the molecule is CCOP(=O)([OH+]C)N1C(=O)CCC1=O. The zero-order chi connectivity index (χ0) is 10.8. The molecule has 0 radical (unpaired) electrons. The van der Waals surface area contributed by atoms with Gasteiger partial charge in [-0.05, 0) is 6.92 Å². The molecular weight excluding hydrogens is 209 g/mol. The molecule has 1 atom stereocenters. The summed E-state index contributed by atoms with van der Waals surface area (Å²) in [5.41, 5.74) is 0. The molecule has 0 aromatic heterocycles. The summed E-state index contributed by atoms with van der Waals surface area (Å²) < 4.78 is 21.0. The molecule has 80 valence electrons. The van der Waals surface area contributed by atoms with Crippen LogP contribution in [0.2, 0.25) is 0 Å². The minimum absolute atomic E-state index is 0.0887. The molecule has 0 aromatic rings. The highest BCUT2D eigenvalue weighted by Gasteiger charge is 2.50. The van der Waals surface area contributed by atoms with E-state index < -0.39 is 19.6 Å². The van der Waals surface area contributed by atoms with Crippen molar-refractivity contribution in [1.82, 2.24) is 4.67 Å². The molecule has 0 spiro atoms. The molecule has 1 heterocycles. The minimum Gasteiger partial charge on any atom is -0.364 e. The van der Waals surface area contributed by atoms with Crippen molar-refractivity contribution in [3.63, 3.8) is 0 Å². The van der Waals surface area contributed by atoms with Crippen LogP contribution in [0.4, 0.5) is 0 Å². The van der Waals surface area contributed by atoms with E-state index in [1.807, 2.05) is 0 Å². The zero-order valence-electron chi connectivity index (χ0n) is 8.10. The number of carbonyl (C=O) groups excluding carboxylic acids is 2. The minimum atomic E-state index is -3.60. The molecule has 0 aromatic carbocycles. The lowest BCUT2D eigenvalue weighted by Gasteiger charge is -2.17. The molecule has 1 rings (SSSR count). The van der Waals surface area contributed by atoms with Crippen molar-refractivity contribution in [3.8, 4) is 0 Å². The lowest BCUT2D eigenvalue weighted by molar-refractivity contribution is -0.134. The molecule has 14 heavy (non-hydrogen) atoms. The van der Waals surface area contributed by atoms with Crippen molar-refractivity contribution in [3.05, 3.63) is 0 Å². The fourth-order valence-corrected chi connectivity index (χ4v) is 2.73. The van der Waals surface area contributed by atoms with Gasteiger partial charge in [-0.1, -0.05) is 0 Å². The number of aliphatic hydroxyl groups is 1. The van der Waals surface area contributed by atoms with Gasteiger partial charge >= 0.3 is 7.75 Å². The van der Waals surface area contributed by atoms with E-state index in [9.17, 15) is 14.2 Å². The number of hydrogen-bond donors (Lipinski definition) is 0. The molecule has 0 saturated carbocycles. The molecule has 1 saturated heterocycles. The summed E-state index contributed by atoms with van der Waals surface area (Å²) in [7, 11) is -2.33. The normalized spacial score (nSPS) is 21.4. The third-order valence-electron chi connectivity index (χ3n) is 1.83. The zero-order valence-corrected chi connectivity index (χ0v) is 8.99.